The highest BCUT2D eigenvalue weighted by molar-refractivity contribution is 5.11. The van der Waals surface area contributed by atoms with E-state index in [1.807, 2.05) is 12.3 Å². The summed E-state index contributed by atoms with van der Waals surface area (Å²) in [6.07, 6.45) is 11.8. The molecule has 1 aliphatic carbocycles. The fourth-order valence-corrected chi connectivity index (χ4v) is 3.57. The van der Waals surface area contributed by atoms with Gasteiger partial charge in [0.05, 0.1) is 0 Å². The van der Waals surface area contributed by atoms with Crippen molar-refractivity contribution in [3.05, 3.63) is 30.1 Å². The number of likely N-dealkylation sites (N-methyl/N-ethyl adjacent to an activating group) is 1. The molecule has 2 rings (SSSR count). The lowest BCUT2D eigenvalue weighted by Gasteiger charge is -2.32. The third-order valence-electron chi connectivity index (χ3n) is 4.68. The first-order valence-electron chi connectivity index (χ1n) is 7.91. The van der Waals surface area contributed by atoms with Crippen molar-refractivity contribution in [2.75, 3.05) is 7.05 Å². The number of hydrogen-bond acceptors (Lipinski definition) is 2. The molecule has 0 spiro atoms. The summed E-state index contributed by atoms with van der Waals surface area (Å²) in [6, 6.07) is 6.83. The van der Waals surface area contributed by atoms with E-state index in [0.29, 0.717) is 12.0 Å². The molecule has 19 heavy (non-hydrogen) atoms. The zero-order chi connectivity index (χ0) is 13.5. The van der Waals surface area contributed by atoms with Crippen LogP contribution in [0.1, 0.15) is 63.5 Å². The highest BCUT2D eigenvalue weighted by atomic mass is 14.9. The Hall–Kier alpha value is -0.890. The second-order valence-electron chi connectivity index (χ2n) is 5.96. The van der Waals surface area contributed by atoms with Gasteiger partial charge < -0.3 is 5.32 Å². The van der Waals surface area contributed by atoms with E-state index in [-0.39, 0.29) is 0 Å². The quantitative estimate of drug-likeness (QED) is 0.880. The summed E-state index contributed by atoms with van der Waals surface area (Å²) < 4.78 is 0. The molecule has 0 saturated heterocycles. The molecule has 2 atom stereocenters. The van der Waals surface area contributed by atoms with E-state index >= 15 is 0 Å². The van der Waals surface area contributed by atoms with Crippen molar-refractivity contribution >= 4 is 0 Å². The average molecular weight is 260 g/mol. The van der Waals surface area contributed by atoms with Gasteiger partial charge in [0, 0.05) is 23.9 Å². The number of nitrogens with one attached hydrogen (secondary N) is 1. The lowest BCUT2D eigenvalue weighted by atomic mass is 9.79. The van der Waals surface area contributed by atoms with Crippen LogP contribution in [0.5, 0.6) is 0 Å². The van der Waals surface area contributed by atoms with Gasteiger partial charge >= 0.3 is 0 Å². The molecule has 0 bridgehead atoms. The van der Waals surface area contributed by atoms with Crippen LogP contribution in [0.3, 0.4) is 0 Å². The van der Waals surface area contributed by atoms with Gasteiger partial charge in [-0.3, -0.25) is 4.98 Å². The fraction of sp³-hybridized carbons (Fsp3) is 0.706. The maximum absolute atomic E-state index is 4.54. The van der Waals surface area contributed by atoms with Crippen molar-refractivity contribution < 1.29 is 0 Å². The number of nitrogens with zero attached hydrogens (tertiary/aromatic N) is 1. The Morgan fingerprint density at radius 1 is 1.11 bits per heavy atom. The van der Waals surface area contributed by atoms with Gasteiger partial charge in [0.15, 0.2) is 0 Å². The number of hydrogen-bond donors (Lipinski definition) is 1. The van der Waals surface area contributed by atoms with E-state index in [1.54, 1.807) is 0 Å². The molecule has 1 aliphatic rings. The van der Waals surface area contributed by atoms with Gasteiger partial charge in [-0.1, -0.05) is 45.1 Å². The van der Waals surface area contributed by atoms with E-state index < -0.39 is 0 Å². The Bertz CT molecular complexity index is 342. The number of aromatic nitrogens is 1. The zero-order valence-electron chi connectivity index (χ0n) is 12.4. The molecule has 0 radical (unpaired) electrons. The average Bonchev–Trinajstić information content (AvgIpc) is 2.42. The Morgan fingerprint density at radius 3 is 2.37 bits per heavy atom. The normalized spacial score (nSPS) is 21.4. The SMILES string of the molecule is CNC(C1CCCCCCC1)C(C)c1ccccn1. The van der Waals surface area contributed by atoms with Gasteiger partial charge in [-0.2, -0.15) is 0 Å². The molecule has 1 N–H and O–H groups in total. The Kier molecular flexibility index (Phi) is 5.84. The Balaban J connectivity index is 2.05. The molecule has 1 fully saturated rings. The number of pyridine rings is 1. The minimum atomic E-state index is 0.496. The van der Waals surface area contributed by atoms with Crippen LogP contribution in [-0.4, -0.2) is 18.1 Å². The van der Waals surface area contributed by atoms with Crippen LogP contribution in [0.4, 0.5) is 0 Å². The molecule has 2 heteroatoms. The highest BCUT2D eigenvalue weighted by Crippen LogP contribution is 2.31. The highest BCUT2D eigenvalue weighted by Gasteiger charge is 2.27. The minimum absolute atomic E-state index is 0.496. The lowest BCUT2D eigenvalue weighted by molar-refractivity contribution is 0.268. The lowest BCUT2D eigenvalue weighted by Crippen LogP contribution is -2.38. The fourth-order valence-electron chi connectivity index (χ4n) is 3.57. The summed E-state index contributed by atoms with van der Waals surface area (Å²) in [5.74, 6) is 1.30. The van der Waals surface area contributed by atoms with Crippen molar-refractivity contribution in [1.82, 2.24) is 10.3 Å². The summed E-state index contributed by atoms with van der Waals surface area (Å²) in [4.78, 5) is 4.54. The van der Waals surface area contributed by atoms with Crippen molar-refractivity contribution in [3.63, 3.8) is 0 Å². The third-order valence-corrected chi connectivity index (χ3v) is 4.68. The van der Waals surface area contributed by atoms with E-state index in [1.165, 1.54) is 50.6 Å². The molecular formula is C17H28N2. The largest absolute Gasteiger partial charge is 0.316 e. The van der Waals surface area contributed by atoms with Crippen LogP contribution in [0.15, 0.2) is 24.4 Å². The standard InChI is InChI=1S/C17H28N2/c1-14(16-12-8-9-13-19-16)17(18-2)15-10-6-4-3-5-7-11-15/h8-9,12-15,17-18H,3-7,10-11H2,1-2H3. The van der Waals surface area contributed by atoms with Gasteiger partial charge in [-0.25, -0.2) is 0 Å². The summed E-state index contributed by atoms with van der Waals surface area (Å²) in [5, 5.41) is 3.58. The van der Waals surface area contributed by atoms with Gasteiger partial charge in [0.2, 0.25) is 0 Å². The molecule has 0 amide bonds. The van der Waals surface area contributed by atoms with Crippen LogP contribution in [0.2, 0.25) is 0 Å². The maximum Gasteiger partial charge on any atom is 0.0447 e. The first kappa shape index (κ1) is 14.5. The molecule has 1 saturated carbocycles. The van der Waals surface area contributed by atoms with Crippen molar-refractivity contribution in [2.45, 2.75) is 63.8 Å². The predicted molar refractivity (Wildman–Crippen MR) is 81.3 cm³/mol. The molecule has 106 valence electrons. The van der Waals surface area contributed by atoms with E-state index in [9.17, 15) is 0 Å². The molecule has 1 aromatic heterocycles. The zero-order valence-corrected chi connectivity index (χ0v) is 12.4. The van der Waals surface area contributed by atoms with E-state index in [0.717, 1.165) is 5.92 Å². The topological polar surface area (TPSA) is 24.9 Å². The van der Waals surface area contributed by atoms with Gasteiger partial charge in [-0.15, -0.1) is 0 Å². The summed E-state index contributed by atoms with van der Waals surface area (Å²) in [5.41, 5.74) is 1.23. The van der Waals surface area contributed by atoms with Crippen molar-refractivity contribution in [1.29, 1.82) is 0 Å². The Labute approximate surface area is 118 Å². The van der Waals surface area contributed by atoms with Gasteiger partial charge in [0.1, 0.15) is 0 Å². The summed E-state index contributed by atoms with van der Waals surface area (Å²) >= 11 is 0. The second kappa shape index (κ2) is 7.64. The van der Waals surface area contributed by atoms with Crippen molar-refractivity contribution in [3.8, 4) is 0 Å². The van der Waals surface area contributed by atoms with Crippen LogP contribution >= 0.6 is 0 Å². The molecular weight excluding hydrogens is 232 g/mol. The van der Waals surface area contributed by atoms with Crippen LogP contribution in [0.25, 0.3) is 0 Å². The van der Waals surface area contributed by atoms with Crippen LogP contribution in [0, 0.1) is 5.92 Å². The van der Waals surface area contributed by atoms with E-state index in [4.69, 9.17) is 0 Å². The molecule has 1 heterocycles. The maximum atomic E-state index is 4.54. The molecule has 0 aliphatic heterocycles. The molecule has 2 nitrogen and oxygen atoms in total. The summed E-state index contributed by atoms with van der Waals surface area (Å²) in [7, 11) is 2.11. The van der Waals surface area contributed by atoms with Crippen molar-refractivity contribution in [2.24, 2.45) is 5.92 Å². The minimum Gasteiger partial charge on any atom is -0.316 e. The van der Waals surface area contributed by atoms with Gasteiger partial charge in [-0.05, 0) is 37.9 Å². The molecule has 2 unspecified atom stereocenters. The molecule has 0 aromatic carbocycles. The smallest absolute Gasteiger partial charge is 0.0447 e. The Morgan fingerprint density at radius 2 is 1.79 bits per heavy atom. The summed E-state index contributed by atoms with van der Waals surface area (Å²) in [6.45, 7) is 2.32. The first-order chi connectivity index (χ1) is 9.33. The second-order valence-corrected chi connectivity index (χ2v) is 5.96. The van der Waals surface area contributed by atoms with Gasteiger partial charge in [0.25, 0.3) is 0 Å². The van der Waals surface area contributed by atoms with Crippen LogP contribution in [-0.2, 0) is 0 Å². The molecule has 1 aromatic rings. The van der Waals surface area contributed by atoms with Crippen LogP contribution < -0.4 is 5.32 Å². The monoisotopic (exact) mass is 260 g/mol. The predicted octanol–water partition coefficient (Wildman–Crippen LogP) is 4.13. The third kappa shape index (κ3) is 4.04. The number of rotatable bonds is 4. The van der Waals surface area contributed by atoms with E-state index in [2.05, 4.69) is 36.4 Å². The first-order valence-corrected chi connectivity index (χ1v) is 7.91.